The van der Waals surface area contributed by atoms with E-state index in [2.05, 4.69) is 20.2 Å². The van der Waals surface area contributed by atoms with Crippen molar-refractivity contribution in [3.05, 3.63) is 23.8 Å². The highest BCUT2D eigenvalue weighted by Gasteiger charge is 2.16. The van der Waals surface area contributed by atoms with Gasteiger partial charge in [-0.05, 0) is 32.4 Å². The van der Waals surface area contributed by atoms with Crippen molar-refractivity contribution in [1.82, 2.24) is 20.2 Å². The zero-order chi connectivity index (χ0) is 20.8. The minimum absolute atomic E-state index is 0.0928. The van der Waals surface area contributed by atoms with Crippen molar-refractivity contribution < 1.29 is 19.1 Å². The highest BCUT2D eigenvalue weighted by molar-refractivity contribution is 8.00. The van der Waals surface area contributed by atoms with Gasteiger partial charge in [-0.1, -0.05) is 35.7 Å². The zero-order valence-corrected chi connectivity index (χ0v) is 17.9. The molecule has 0 saturated heterocycles. The Morgan fingerprint density at radius 1 is 0.931 bits per heavy atom. The Labute approximate surface area is 176 Å². The molecule has 2 heterocycles. The van der Waals surface area contributed by atoms with E-state index in [-0.39, 0.29) is 23.4 Å². The fourth-order valence-electron chi connectivity index (χ4n) is 2.54. The smallest absolute Gasteiger partial charge is 0.316 e. The van der Waals surface area contributed by atoms with Gasteiger partial charge in [0, 0.05) is 5.39 Å². The molecule has 0 aliphatic carbocycles. The van der Waals surface area contributed by atoms with Crippen molar-refractivity contribution in [2.75, 3.05) is 24.7 Å². The fraction of sp³-hybridized carbons (Fsp3) is 0.368. The van der Waals surface area contributed by atoms with Crippen LogP contribution < -0.4 is 0 Å². The molecule has 0 bridgehead atoms. The number of rotatable bonds is 8. The Bertz CT molecular complexity index is 1060. The summed E-state index contributed by atoms with van der Waals surface area (Å²) in [6.45, 7) is 6.12. The van der Waals surface area contributed by atoms with E-state index in [9.17, 15) is 9.59 Å². The number of aromatic nitrogens is 4. The van der Waals surface area contributed by atoms with Crippen molar-refractivity contribution in [3.63, 3.8) is 0 Å². The van der Waals surface area contributed by atoms with Gasteiger partial charge in [-0.3, -0.25) is 9.59 Å². The van der Waals surface area contributed by atoms with Crippen LogP contribution in [0.15, 0.2) is 28.4 Å². The number of hydrogen-bond acceptors (Lipinski definition) is 10. The summed E-state index contributed by atoms with van der Waals surface area (Å²) in [7, 11) is 0. The second kappa shape index (κ2) is 9.84. The summed E-state index contributed by atoms with van der Waals surface area (Å²) in [5, 5.41) is 10.3. The third-order valence-corrected chi connectivity index (χ3v) is 5.51. The lowest BCUT2D eigenvalue weighted by Gasteiger charge is -2.09. The van der Waals surface area contributed by atoms with E-state index in [1.54, 1.807) is 13.8 Å². The van der Waals surface area contributed by atoms with E-state index < -0.39 is 0 Å². The lowest BCUT2D eigenvalue weighted by Crippen LogP contribution is -2.08. The van der Waals surface area contributed by atoms with Crippen LogP contribution in [-0.4, -0.2) is 56.8 Å². The molecule has 0 N–H and O–H groups in total. The van der Waals surface area contributed by atoms with Crippen molar-refractivity contribution in [1.29, 1.82) is 0 Å². The molecule has 0 aliphatic heterocycles. The Morgan fingerprint density at radius 2 is 1.62 bits per heavy atom. The summed E-state index contributed by atoms with van der Waals surface area (Å²) >= 11 is 2.39. The van der Waals surface area contributed by atoms with Crippen molar-refractivity contribution in [2.45, 2.75) is 31.0 Å². The summed E-state index contributed by atoms with van der Waals surface area (Å²) in [6, 6.07) is 5.84. The molecule has 8 nitrogen and oxygen atoms in total. The van der Waals surface area contributed by atoms with E-state index in [0.717, 1.165) is 16.5 Å². The SMILES string of the molecule is CCOC(=O)CSc1nc(SCC(=O)OCC)c2nnc3cc(C)ccc3c2n1. The first-order chi connectivity index (χ1) is 14.0. The monoisotopic (exact) mass is 432 g/mol. The number of nitrogens with zero attached hydrogens (tertiary/aromatic N) is 4. The fourth-order valence-corrected chi connectivity index (χ4v) is 4.01. The number of esters is 2. The number of thioether (sulfide) groups is 2. The summed E-state index contributed by atoms with van der Waals surface area (Å²) < 4.78 is 9.96. The highest BCUT2D eigenvalue weighted by atomic mass is 32.2. The number of hydrogen-bond donors (Lipinski definition) is 0. The van der Waals surface area contributed by atoms with Gasteiger partial charge in [0.1, 0.15) is 16.1 Å². The van der Waals surface area contributed by atoms with Gasteiger partial charge < -0.3 is 9.47 Å². The zero-order valence-electron chi connectivity index (χ0n) is 16.3. The van der Waals surface area contributed by atoms with Crippen LogP contribution in [-0.2, 0) is 19.1 Å². The molecule has 152 valence electrons. The molecule has 0 fully saturated rings. The maximum Gasteiger partial charge on any atom is 0.316 e. The van der Waals surface area contributed by atoms with Gasteiger partial charge in [-0.2, -0.15) is 0 Å². The molecular formula is C19H20N4O4S2. The average Bonchev–Trinajstić information content (AvgIpc) is 2.70. The Morgan fingerprint density at radius 3 is 2.31 bits per heavy atom. The van der Waals surface area contributed by atoms with Crippen LogP contribution >= 0.6 is 23.5 Å². The predicted molar refractivity (Wildman–Crippen MR) is 112 cm³/mol. The summed E-state index contributed by atoms with van der Waals surface area (Å²) in [5.74, 6) is -0.489. The van der Waals surface area contributed by atoms with Gasteiger partial charge in [-0.15, -0.1) is 10.2 Å². The number of ether oxygens (including phenoxy) is 2. The van der Waals surface area contributed by atoms with E-state index in [0.29, 0.717) is 34.4 Å². The molecule has 1 aromatic carbocycles. The first-order valence-corrected chi connectivity index (χ1v) is 11.0. The van der Waals surface area contributed by atoms with Crippen LogP contribution in [0.2, 0.25) is 0 Å². The Balaban J connectivity index is 2.02. The molecule has 29 heavy (non-hydrogen) atoms. The normalized spacial score (nSPS) is 11.0. The molecule has 0 saturated carbocycles. The van der Waals surface area contributed by atoms with Gasteiger partial charge in [-0.25, -0.2) is 9.97 Å². The number of fused-ring (bicyclic) bond motifs is 3. The number of carbonyl (C=O) groups is 2. The van der Waals surface area contributed by atoms with Crippen LogP contribution in [0.1, 0.15) is 19.4 Å². The van der Waals surface area contributed by atoms with Gasteiger partial charge in [0.2, 0.25) is 0 Å². The summed E-state index contributed by atoms with van der Waals surface area (Å²) in [5.41, 5.74) is 2.92. The van der Waals surface area contributed by atoms with Crippen molar-refractivity contribution in [3.8, 4) is 0 Å². The van der Waals surface area contributed by atoms with Crippen LogP contribution in [0.3, 0.4) is 0 Å². The molecule has 3 aromatic rings. The molecule has 3 rings (SSSR count). The van der Waals surface area contributed by atoms with Crippen molar-refractivity contribution >= 4 is 57.4 Å². The van der Waals surface area contributed by atoms with E-state index in [1.807, 2.05) is 25.1 Å². The molecule has 10 heteroatoms. The molecule has 0 amide bonds. The van der Waals surface area contributed by atoms with Gasteiger partial charge in [0.05, 0.1) is 30.2 Å². The minimum atomic E-state index is -0.339. The summed E-state index contributed by atoms with van der Waals surface area (Å²) in [4.78, 5) is 32.6. The molecule has 0 unspecified atom stereocenters. The molecule has 0 spiro atoms. The van der Waals surface area contributed by atoms with Crippen molar-refractivity contribution in [2.24, 2.45) is 0 Å². The number of benzene rings is 1. The second-order valence-corrected chi connectivity index (χ2v) is 7.82. The minimum Gasteiger partial charge on any atom is -0.465 e. The van der Waals surface area contributed by atoms with Gasteiger partial charge >= 0.3 is 11.9 Å². The number of aryl methyl sites for hydroxylation is 1. The predicted octanol–water partition coefficient (Wildman–Crippen LogP) is 3.19. The van der Waals surface area contributed by atoms with Crippen LogP contribution in [0.25, 0.3) is 21.9 Å². The third-order valence-electron chi connectivity index (χ3n) is 3.75. The first-order valence-electron chi connectivity index (χ1n) is 9.03. The molecule has 0 atom stereocenters. The second-order valence-electron chi connectivity index (χ2n) is 5.92. The standard InChI is InChI=1S/C19H20N4O4S2/c1-4-26-14(24)9-28-18-17-16(12-7-6-11(3)8-13(12)22-23-17)20-19(21-18)29-10-15(25)27-5-2/h6-8H,4-5,9-10H2,1-3H3. The first kappa shape index (κ1) is 21.3. The maximum atomic E-state index is 11.8. The largest absolute Gasteiger partial charge is 0.465 e. The average molecular weight is 433 g/mol. The van der Waals surface area contributed by atoms with E-state index in [4.69, 9.17) is 9.47 Å². The van der Waals surface area contributed by atoms with E-state index >= 15 is 0 Å². The topological polar surface area (TPSA) is 104 Å². The molecule has 0 radical (unpaired) electrons. The molecule has 2 aromatic heterocycles. The molecule has 0 aliphatic rings. The Hall–Kier alpha value is -2.46. The van der Waals surface area contributed by atoms with Gasteiger partial charge in [0.15, 0.2) is 5.16 Å². The van der Waals surface area contributed by atoms with E-state index in [1.165, 1.54) is 23.5 Å². The maximum absolute atomic E-state index is 11.8. The van der Waals surface area contributed by atoms with Crippen LogP contribution in [0, 0.1) is 6.92 Å². The van der Waals surface area contributed by atoms with Crippen LogP contribution in [0.4, 0.5) is 0 Å². The third kappa shape index (κ3) is 5.33. The Kier molecular flexibility index (Phi) is 7.21. The molecular weight excluding hydrogens is 412 g/mol. The quantitative estimate of drug-likeness (QED) is 0.173. The van der Waals surface area contributed by atoms with Gasteiger partial charge in [0.25, 0.3) is 0 Å². The summed E-state index contributed by atoms with van der Waals surface area (Å²) in [6.07, 6.45) is 0. The number of carbonyl (C=O) groups excluding carboxylic acids is 2. The highest BCUT2D eigenvalue weighted by Crippen LogP contribution is 2.30. The lowest BCUT2D eigenvalue weighted by molar-refractivity contribution is -0.140. The van der Waals surface area contributed by atoms with Crippen LogP contribution in [0.5, 0.6) is 0 Å². The lowest BCUT2D eigenvalue weighted by atomic mass is 10.1.